The van der Waals surface area contributed by atoms with E-state index in [1.165, 1.54) is 0 Å². The summed E-state index contributed by atoms with van der Waals surface area (Å²) in [7, 11) is 0. The Morgan fingerprint density at radius 3 is 2.58 bits per heavy atom. The number of aliphatic hydroxyl groups is 1. The van der Waals surface area contributed by atoms with Crippen molar-refractivity contribution in [2.24, 2.45) is 0 Å². The number of ether oxygens (including phenoxy) is 1. The van der Waals surface area contributed by atoms with E-state index in [2.05, 4.69) is 36.8 Å². The van der Waals surface area contributed by atoms with E-state index in [0.29, 0.717) is 6.61 Å². The average Bonchev–Trinajstić information content (AvgIpc) is 2.89. The van der Waals surface area contributed by atoms with Crippen LogP contribution in [-0.2, 0) is 13.2 Å². The summed E-state index contributed by atoms with van der Waals surface area (Å²) < 4.78 is 9.45. The summed E-state index contributed by atoms with van der Waals surface area (Å²) in [5.41, 5.74) is 0.838. The van der Waals surface area contributed by atoms with Crippen LogP contribution in [-0.4, -0.2) is 21.3 Å². The first kappa shape index (κ1) is 14.6. The molecule has 0 aliphatic carbocycles. The second kappa shape index (κ2) is 7.07. The van der Waals surface area contributed by atoms with Gasteiger partial charge in [-0.1, -0.05) is 0 Å². The molecule has 0 atom stereocenters. The molecule has 1 N–H and O–H groups in total. The third-order valence-electron chi connectivity index (χ3n) is 2.61. The van der Waals surface area contributed by atoms with Crippen molar-refractivity contribution in [2.75, 3.05) is 6.61 Å². The lowest BCUT2D eigenvalue weighted by molar-refractivity contribution is 0.280. The summed E-state index contributed by atoms with van der Waals surface area (Å²) in [6.07, 6.45) is 6.39. The first-order chi connectivity index (χ1) is 9.20. The number of hydrogen-bond donors (Lipinski definition) is 1. The van der Waals surface area contributed by atoms with Crippen molar-refractivity contribution >= 4 is 31.9 Å². The standard InChI is InChI=1S/C13H14Br2N2O2/c14-11-6-10(8-18)7-12(15)13(11)19-5-1-3-17-4-2-16-9-17/h2,4,6-7,9,18H,1,3,5,8H2. The molecule has 0 aliphatic heterocycles. The highest BCUT2D eigenvalue weighted by Gasteiger charge is 2.08. The van der Waals surface area contributed by atoms with Gasteiger partial charge in [-0.2, -0.15) is 0 Å². The Kier molecular flexibility index (Phi) is 5.42. The highest BCUT2D eigenvalue weighted by molar-refractivity contribution is 9.11. The van der Waals surface area contributed by atoms with E-state index in [-0.39, 0.29) is 6.61 Å². The van der Waals surface area contributed by atoms with Crippen LogP contribution in [0.2, 0.25) is 0 Å². The van der Waals surface area contributed by atoms with Crippen LogP contribution in [0.5, 0.6) is 5.75 Å². The van der Waals surface area contributed by atoms with Crippen LogP contribution in [0.15, 0.2) is 39.8 Å². The monoisotopic (exact) mass is 388 g/mol. The third-order valence-corrected chi connectivity index (χ3v) is 3.78. The zero-order valence-corrected chi connectivity index (χ0v) is 13.4. The van der Waals surface area contributed by atoms with E-state index in [0.717, 1.165) is 33.2 Å². The summed E-state index contributed by atoms with van der Waals surface area (Å²) in [6, 6.07) is 3.71. The molecular weight excluding hydrogens is 376 g/mol. The molecule has 0 radical (unpaired) electrons. The van der Waals surface area contributed by atoms with Crippen molar-refractivity contribution in [1.29, 1.82) is 0 Å². The van der Waals surface area contributed by atoms with E-state index < -0.39 is 0 Å². The largest absolute Gasteiger partial charge is 0.491 e. The van der Waals surface area contributed by atoms with Crippen molar-refractivity contribution in [2.45, 2.75) is 19.6 Å². The van der Waals surface area contributed by atoms with E-state index in [4.69, 9.17) is 9.84 Å². The molecule has 0 unspecified atom stereocenters. The Labute approximate surface area is 128 Å². The second-order valence-corrected chi connectivity index (χ2v) is 5.76. The van der Waals surface area contributed by atoms with Crippen molar-refractivity contribution < 1.29 is 9.84 Å². The lowest BCUT2D eigenvalue weighted by atomic mass is 10.2. The van der Waals surface area contributed by atoms with Crippen molar-refractivity contribution in [1.82, 2.24) is 9.55 Å². The maximum atomic E-state index is 9.11. The zero-order valence-electron chi connectivity index (χ0n) is 10.2. The number of aromatic nitrogens is 2. The van der Waals surface area contributed by atoms with Crippen LogP contribution in [0.4, 0.5) is 0 Å². The molecule has 1 aromatic heterocycles. The molecule has 1 heterocycles. The third kappa shape index (κ3) is 4.06. The van der Waals surface area contributed by atoms with Gasteiger partial charge in [0.1, 0.15) is 5.75 Å². The summed E-state index contributed by atoms with van der Waals surface area (Å²) >= 11 is 6.90. The number of nitrogens with zero attached hydrogens (tertiary/aromatic N) is 2. The minimum Gasteiger partial charge on any atom is -0.491 e. The molecule has 0 saturated heterocycles. The first-order valence-electron chi connectivity index (χ1n) is 5.88. The summed E-state index contributed by atoms with van der Waals surface area (Å²) in [4.78, 5) is 3.99. The highest BCUT2D eigenvalue weighted by atomic mass is 79.9. The van der Waals surface area contributed by atoms with Crippen molar-refractivity contribution in [3.63, 3.8) is 0 Å². The van der Waals surface area contributed by atoms with Gasteiger partial charge in [-0.25, -0.2) is 4.98 Å². The predicted molar refractivity (Wildman–Crippen MR) is 80.1 cm³/mol. The maximum Gasteiger partial charge on any atom is 0.147 e. The molecule has 0 bridgehead atoms. The van der Waals surface area contributed by atoms with E-state index in [1.54, 1.807) is 12.5 Å². The lowest BCUT2D eigenvalue weighted by Gasteiger charge is -2.11. The number of aryl methyl sites for hydroxylation is 1. The lowest BCUT2D eigenvalue weighted by Crippen LogP contribution is -2.04. The molecule has 2 rings (SSSR count). The second-order valence-electron chi connectivity index (χ2n) is 4.05. The summed E-state index contributed by atoms with van der Waals surface area (Å²) in [5.74, 6) is 0.767. The topological polar surface area (TPSA) is 47.3 Å². The maximum absolute atomic E-state index is 9.11. The number of halogens is 2. The number of hydrogen-bond acceptors (Lipinski definition) is 3. The number of benzene rings is 1. The molecule has 0 fully saturated rings. The van der Waals surface area contributed by atoms with Gasteiger partial charge in [0.2, 0.25) is 0 Å². The Hall–Kier alpha value is -0.850. The van der Waals surface area contributed by atoms with Gasteiger partial charge in [-0.3, -0.25) is 0 Å². The Bertz CT molecular complexity index is 506. The van der Waals surface area contributed by atoms with Crippen LogP contribution >= 0.6 is 31.9 Å². The normalized spacial score (nSPS) is 10.7. The van der Waals surface area contributed by atoms with Crippen molar-refractivity contribution in [3.8, 4) is 5.75 Å². The van der Waals surface area contributed by atoms with Crippen LogP contribution in [0, 0.1) is 0 Å². The molecule has 4 nitrogen and oxygen atoms in total. The number of aliphatic hydroxyl groups excluding tert-OH is 1. The van der Waals surface area contributed by atoms with E-state index >= 15 is 0 Å². The van der Waals surface area contributed by atoms with Crippen LogP contribution < -0.4 is 4.74 Å². The molecule has 2 aromatic rings. The molecule has 0 spiro atoms. The molecule has 19 heavy (non-hydrogen) atoms. The molecule has 0 aliphatic rings. The summed E-state index contributed by atoms with van der Waals surface area (Å²) in [6.45, 7) is 1.51. The zero-order chi connectivity index (χ0) is 13.7. The Morgan fingerprint density at radius 2 is 2.00 bits per heavy atom. The van der Waals surface area contributed by atoms with Gasteiger partial charge in [0, 0.05) is 18.9 Å². The SMILES string of the molecule is OCc1cc(Br)c(OCCCn2ccnc2)c(Br)c1. The minimum absolute atomic E-state index is 0.0120. The molecule has 6 heteroatoms. The van der Waals surface area contributed by atoms with Gasteiger partial charge < -0.3 is 14.4 Å². The minimum atomic E-state index is 0.0120. The fourth-order valence-electron chi connectivity index (χ4n) is 1.68. The highest BCUT2D eigenvalue weighted by Crippen LogP contribution is 2.34. The molecule has 0 amide bonds. The molecule has 0 saturated carbocycles. The Morgan fingerprint density at radius 1 is 1.26 bits per heavy atom. The quantitative estimate of drug-likeness (QED) is 0.770. The molecule has 1 aromatic carbocycles. The Balaban J connectivity index is 1.89. The van der Waals surface area contributed by atoms with E-state index in [1.807, 2.05) is 22.9 Å². The van der Waals surface area contributed by atoms with Gasteiger partial charge >= 0.3 is 0 Å². The number of rotatable bonds is 6. The smallest absolute Gasteiger partial charge is 0.147 e. The van der Waals surface area contributed by atoms with Crippen LogP contribution in [0.25, 0.3) is 0 Å². The fourth-order valence-corrected chi connectivity index (χ4v) is 3.19. The van der Waals surface area contributed by atoms with Crippen LogP contribution in [0.1, 0.15) is 12.0 Å². The van der Waals surface area contributed by atoms with Gasteiger partial charge in [0.15, 0.2) is 0 Å². The first-order valence-corrected chi connectivity index (χ1v) is 7.46. The average molecular weight is 390 g/mol. The predicted octanol–water partition coefficient (Wildman–Crippen LogP) is 3.37. The molecule has 102 valence electrons. The summed E-state index contributed by atoms with van der Waals surface area (Å²) in [5, 5.41) is 9.11. The van der Waals surface area contributed by atoms with Gasteiger partial charge in [-0.05, 0) is 56.0 Å². The van der Waals surface area contributed by atoms with Gasteiger partial charge in [0.05, 0.1) is 28.5 Å². The van der Waals surface area contributed by atoms with E-state index in [9.17, 15) is 0 Å². The van der Waals surface area contributed by atoms with Crippen LogP contribution in [0.3, 0.4) is 0 Å². The fraction of sp³-hybridized carbons (Fsp3) is 0.308. The molecular formula is C13H14Br2N2O2. The number of imidazole rings is 1. The van der Waals surface area contributed by atoms with Gasteiger partial charge in [-0.15, -0.1) is 0 Å². The van der Waals surface area contributed by atoms with Gasteiger partial charge in [0.25, 0.3) is 0 Å². The van der Waals surface area contributed by atoms with Crippen molar-refractivity contribution in [3.05, 3.63) is 45.4 Å².